The topological polar surface area (TPSA) is 78.4 Å². The van der Waals surface area contributed by atoms with E-state index < -0.39 is 0 Å². The molecular weight excluding hydrogens is 352 g/mol. The van der Waals surface area contributed by atoms with E-state index in [2.05, 4.69) is 15.2 Å². The molecule has 0 spiro atoms. The van der Waals surface area contributed by atoms with Gasteiger partial charge in [-0.3, -0.25) is 4.79 Å². The monoisotopic (exact) mass is 380 g/mol. The van der Waals surface area contributed by atoms with E-state index in [-0.39, 0.29) is 24.5 Å². The molecule has 1 saturated heterocycles. The number of carbonyl (C=O) groups excluding carboxylic acids is 1. The van der Waals surface area contributed by atoms with Gasteiger partial charge < -0.3 is 15.3 Å². The molecule has 2 heterocycles. The molecule has 1 atom stereocenters. The summed E-state index contributed by atoms with van der Waals surface area (Å²) in [6.07, 6.45) is 9.22. The lowest BCUT2D eigenvalue weighted by molar-refractivity contribution is -0.119. The number of amides is 1. The summed E-state index contributed by atoms with van der Waals surface area (Å²) in [7, 11) is 0. The number of rotatable bonds is 5. The van der Waals surface area contributed by atoms with Gasteiger partial charge in [-0.2, -0.15) is 0 Å². The smallest absolute Gasteiger partial charge is 0.227 e. The molecule has 4 rings (SSSR count). The Balaban J connectivity index is 1.53. The first-order valence-corrected chi connectivity index (χ1v) is 10.4. The Morgan fingerprint density at radius 1 is 1.14 bits per heavy atom. The van der Waals surface area contributed by atoms with Gasteiger partial charge in [0.25, 0.3) is 0 Å². The van der Waals surface area contributed by atoms with Gasteiger partial charge in [0.2, 0.25) is 11.9 Å². The molecule has 2 aromatic rings. The van der Waals surface area contributed by atoms with E-state index >= 15 is 0 Å². The second-order valence-corrected chi connectivity index (χ2v) is 7.82. The molecule has 0 bridgehead atoms. The zero-order valence-corrected chi connectivity index (χ0v) is 16.2. The first kappa shape index (κ1) is 18.9. The van der Waals surface area contributed by atoms with E-state index in [0.29, 0.717) is 5.95 Å². The molecule has 1 saturated carbocycles. The Kier molecular flexibility index (Phi) is 5.86. The Morgan fingerprint density at radius 2 is 1.96 bits per heavy atom. The van der Waals surface area contributed by atoms with Crippen LogP contribution in [-0.2, 0) is 4.79 Å². The minimum absolute atomic E-state index is 0.0843. The highest BCUT2D eigenvalue weighted by Crippen LogP contribution is 2.28. The molecule has 1 aliphatic carbocycles. The number of aliphatic hydroxyl groups excluding tert-OH is 1. The van der Waals surface area contributed by atoms with E-state index in [1.165, 1.54) is 0 Å². The highest BCUT2D eigenvalue weighted by atomic mass is 16.3. The molecule has 148 valence electrons. The number of hydrogen-bond acceptors (Lipinski definition) is 5. The van der Waals surface area contributed by atoms with Crippen molar-refractivity contribution in [1.82, 2.24) is 9.97 Å². The quantitative estimate of drug-likeness (QED) is 0.828. The van der Waals surface area contributed by atoms with Crippen LogP contribution in [0.5, 0.6) is 0 Å². The van der Waals surface area contributed by atoms with Gasteiger partial charge in [-0.05, 0) is 50.3 Å². The van der Waals surface area contributed by atoms with E-state index in [1.54, 1.807) is 6.20 Å². The summed E-state index contributed by atoms with van der Waals surface area (Å²) in [5.41, 5.74) is 2.58. The number of nitrogens with zero attached hydrogens (tertiary/aromatic N) is 3. The van der Waals surface area contributed by atoms with Crippen LogP contribution in [0.1, 0.15) is 44.9 Å². The van der Waals surface area contributed by atoms with Gasteiger partial charge in [-0.1, -0.05) is 25.0 Å². The van der Waals surface area contributed by atoms with Crippen molar-refractivity contribution < 1.29 is 9.90 Å². The normalized spacial score (nSPS) is 20.3. The lowest BCUT2D eigenvalue weighted by atomic mass is 10.0. The van der Waals surface area contributed by atoms with E-state index in [0.717, 1.165) is 68.4 Å². The summed E-state index contributed by atoms with van der Waals surface area (Å²) in [4.78, 5) is 23.7. The third-order valence-electron chi connectivity index (χ3n) is 5.89. The van der Waals surface area contributed by atoms with Gasteiger partial charge in [0.1, 0.15) is 0 Å². The van der Waals surface area contributed by atoms with Crippen LogP contribution >= 0.6 is 0 Å². The van der Waals surface area contributed by atoms with Crippen LogP contribution in [0.3, 0.4) is 0 Å². The van der Waals surface area contributed by atoms with Gasteiger partial charge in [0, 0.05) is 29.9 Å². The molecule has 1 amide bonds. The van der Waals surface area contributed by atoms with Gasteiger partial charge in [0.05, 0.1) is 18.3 Å². The fourth-order valence-electron chi connectivity index (χ4n) is 4.29. The van der Waals surface area contributed by atoms with Crippen molar-refractivity contribution in [1.29, 1.82) is 0 Å². The zero-order chi connectivity index (χ0) is 19.3. The van der Waals surface area contributed by atoms with Gasteiger partial charge >= 0.3 is 0 Å². The molecule has 6 nitrogen and oxygen atoms in total. The number of aromatic nitrogens is 2. The predicted molar refractivity (Wildman–Crippen MR) is 110 cm³/mol. The van der Waals surface area contributed by atoms with Gasteiger partial charge in [0.15, 0.2) is 0 Å². The van der Waals surface area contributed by atoms with Crippen molar-refractivity contribution in [3.63, 3.8) is 0 Å². The maximum atomic E-state index is 12.4. The maximum absolute atomic E-state index is 12.4. The summed E-state index contributed by atoms with van der Waals surface area (Å²) in [6.45, 7) is 0.989. The fourth-order valence-corrected chi connectivity index (χ4v) is 4.29. The molecule has 1 aromatic heterocycles. The van der Waals surface area contributed by atoms with E-state index in [4.69, 9.17) is 4.98 Å². The summed E-state index contributed by atoms with van der Waals surface area (Å²) < 4.78 is 0. The third-order valence-corrected chi connectivity index (χ3v) is 5.89. The first-order chi connectivity index (χ1) is 13.7. The highest BCUT2D eigenvalue weighted by molar-refractivity contribution is 5.93. The molecule has 1 aliphatic heterocycles. The summed E-state index contributed by atoms with van der Waals surface area (Å²) in [6, 6.07) is 9.81. The lowest BCUT2D eigenvalue weighted by Gasteiger charge is -2.34. The van der Waals surface area contributed by atoms with Crippen LogP contribution in [0.15, 0.2) is 36.5 Å². The van der Waals surface area contributed by atoms with Crippen LogP contribution in [0.2, 0.25) is 0 Å². The molecule has 1 aromatic carbocycles. The van der Waals surface area contributed by atoms with Crippen LogP contribution in [0.4, 0.5) is 11.6 Å². The lowest BCUT2D eigenvalue weighted by Crippen LogP contribution is -2.42. The SMILES string of the molecule is O=C(Nc1cccc(-c2ccnc(N3CCCCC3CO)n2)c1)C1CCCC1. The van der Waals surface area contributed by atoms with E-state index in [9.17, 15) is 9.90 Å². The number of nitrogens with one attached hydrogen (secondary N) is 1. The molecule has 2 aliphatic rings. The first-order valence-electron chi connectivity index (χ1n) is 10.4. The minimum atomic E-state index is 0.0843. The number of carbonyl (C=O) groups is 1. The third kappa shape index (κ3) is 4.17. The van der Waals surface area contributed by atoms with Crippen molar-refractivity contribution in [2.45, 2.75) is 51.0 Å². The number of aliphatic hydroxyl groups is 1. The fraction of sp³-hybridized carbons (Fsp3) is 0.500. The van der Waals surface area contributed by atoms with Gasteiger partial charge in [-0.15, -0.1) is 0 Å². The second kappa shape index (κ2) is 8.69. The van der Waals surface area contributed by atoms with Crippen LogP contribution in [0.25, 0.3) is 11.3 Å². The minimum Gasteiger partial charge on any atom is -0.394 e. The number of hydrogen-bond donors (Lipinski definition) is 2. The van der Waals surface area contributed by atoms with Crippen LogP contribution < -0.4 is 10.2 Å². The van der Waals surface area contributed by atoms with Crippen molar-refractivity contribution in [3.8, 4) is 11.3 Å². The van der Waals surface area contributed by atoms with E-state index in [1.807, 2.05) is 30.3 Å². The maximum Gasteiger partial charge on any atom is 0.227 e. The highest BCUT2D eigenvalue weighted by Gasteiger charge is 2.24. The Hall–Kier alpha value is -2.47. The molecule has 28 heavy (non-hydrogen) atoms. The number of anilines is 2. The molecule has 6 heteroatoms. The standard InChI is InChI=1S/C22H28N4O2/c27-15-19-10-3-4-13-26(19)22-23-12-11-20(25-22)17-8-5-9-18(14-17)24-21(28)16-6-1-2-7-16/h5,8-9,11-12,14,16,19,27H,1-4,6-7,10,13,15H2,(H,24,28). The average Bonchev–Trinajstić information content (AvgIpc) is 3.29. The molecule has 1 unspecified atom stereocenters. The average molecular weight is 380 g/mol. The Morgan fingerprint density at radius 3 is 2.79 bits per heavy atom. The zero-order valence-electron chi connectivity index (χ0n) is 16.2. The second-order valence-electron chi connectivity index (χ2n) is 7.82. The molecule has 2 fully saturated rings. The summed E-state index contributed by atoms with van der Waals surface area (Å²) in [5, 5.41) is 12.7. The number of benzene rings is 1. The van der Waals surface area contributed by atoms with Crippen LogP contribution in [0, 0.1) is 5.92 Å². The van der Waals surface area contributed by atoms with Crippen LogP contribution in [-0.4, -0.2) is 40.2 Å². The Bertz CT molecular complexity index is 820. The van der Waals surface area contributed by atoms with Crippen molar-refractivity contribution >= 4 is 17.5 Å². The predicted octanol–water partition coefficient (Wildman–Crippen LogP) is 3.62. The molecule has 2 N–H and O–H groups in total. The van der Waals surface area contributed by atoms with Gasteiger partial charge in [-0.25, -0.2) is 9.97 Å². The van der Waals surface area contributed by atoms with Crippen molar-refractivity contribution in [2.75, 3.05) is 23.4 Å². The van der Waals surface area contributed by atoms with Crippen molar-refractivity contribution in [2.24, 2.45) is 5.92 Å². The Labute approximate surface area is 166 Å². The molecular formula is C22H28N4O2. The summed E-state index contributed by atoms with van der Waals surface area (Å²) >= 11 is 0. The van der Waals surface area contributed by atoms with Crippen molar-refractivity contribution in [3.05, 3.63) is 36.5 Å². The molecule has 0 radical (unpaired) electrons. The largest absolute Gasteiger partial charge is 0.394 e. The summed E-state index contributed by atoms with van der Waals surface area (Å²) in [5.74, 6) is 0.928. The number of piperidine rings is 1.